The molecule has 0 radical (unpaired) electrons. The molecule has 1 aliphatic heterocycles. The van der Waals surface area contributed by atoms with E-state index in [4.69, 9.17) is 11.6 Å². The molecule has 0 spiro atoms. The lowest BCUT2D eigenvalue weighted by Gasteiger charge is -2.30. The summed E-state index contributed by atoms with van der Waals surface area (Å²) in [5.74, 6) is -0.611. The van der Waals surface area contributed by atoms with Crippen molar-refractivity contribution in [1.29, 1.82) is 0 Å². The third-order valence-electron chi connectivity index (χ3n) is 5.00. The lowest BCUT2D eigenvalue weighted by Crippen LogP contribution is -3.12. The van der Waals surface area contributed by atoms with E-state index in [0.717, 1.165) is 26.2 Å². The molecule has 9 heteroatoms. The SMILES string of the molecule is Cc1nn(-c2ccc(F)cc2)c2ncc(C(=O)NN3CC[NH+](C)CC3)c(Cl)c12. The van der Waals surface area contributed by atoms with Crippen molar-refractivity contribution in [3.05, 3.63) is 52.6 Å². The average molecular weight is 404 g/mol. The predicted molar refractivity (Wildman–Crippen MR) is 104 cm³/mol. The van der Waals surface area contributed by atoms with Crippen molar-refractivity contribution in [3.63, 3.8) is 0 Å². The first-order valence-electron chi connectivity index (χ1n) is 9.11. The summed E-state index contributed by atoms with van der Waals surface area (Å²) in [4.78, 5) is 18.6. The molecule has 3 aromatic rings. The number of pyridine rings is 1. The molecule has 4 rings (SSSR count). The maximum absolute atomic E-state index is 13.2. The summed E-state index contributed by atoms with van der Waals surface area (Å²) < 4.78 is 14.8. The first-order valence-corrected chi connectivity index (χ1v) is 9.49. The molecule has 2 N–H and O–H groups in total. The molecule has 2 aromatic heterocycles. The van der Waals surface area contributed by atoms with E-state index in [-0.39, 0.29) is 11.7 Å². The van der Waals surface area contributed by atoms with Gasteiger partial charge in [0.25, 0.3) is 5.91 Å². The van der Waals surface area contributed by atoms with Gasteiger partial charge in [0.15, 0.2) is 5.65 Å². The lowest BCUT2D eigenvalue weighted by atomic mass is 10.2. The van der Waals surface area contributed by atoms with Crippen molar-refractivity contribution in [2.24, 2.45) is 0 Å². The molecule has 0 atom stereocenters. The number of nitrogens with one attached hydrogen (secondary N) is 2. The van der Waals surface area contributed by atoms with Gasteiger partial charge >= 0.3 is 0 Å². The fourth-order valence-corrected chi connectivity index (χ4v) is 3.69. The molecule has 1 aromatic carbocycles. The van der Waals surface area contributed by atoms with Crippen LogP contribution < -0.4 is 10.3 Å². The highest BCUT2D eigenvalue weighted by Crippen LogP contribution is 2.30. The van der Waals surface area contributed by atoms with Gasteiger partial charge < -0.3 is 4.90 Å². The monoisotopic (exact) mass is 403 g/mol. The molecule has 0 unspecified atom stereocenters. The zero-order chi connectivity index (χ0) is 19.8. The molecule has 146 valence electrons. The van der Waals surface area contributed by atoms with Gasteiger partial charge in [-0.1, -0.05) is 11.6 Å². The summed E-state index contributed by atoms with van der Waals surface area (Å²) in [7, 11) is 2.13. The number of quaternary nitrogens is 1. The van der Waals surface area contributed by atoms with Crippen LogP contribution in [-0.2, 0) is 0 Å². The Hall–Kier alpha value is -2.55. The highest BCUT2D eigenvalue weighted by Gasteiger charge is 2.23. The van der Waals surface area contributed by atoms with Crippen LogP contribution in [-0.4, -0.2) is 58.9 Å². The van der Waals surface area contributed by atoms with Crippen LogP contribution in [0.4, 0.5) is 4.39 Å². The first kappa shape index (κ1) is 18.8. The van der Waals surface area contributed by atoms with Crippen LogP contribution in [0.5, 0.6) is 0 Å². The van der Waals surface area contributed by atoms with Crippen molar-refractivity contribution in [3.8, 4) is 5.69 Å². The van der Waals surface area contributed by atoms with Crippen molar-refractivity contribution in [2.75, 3.05) is 33.2 Å². The first-order chi connectivity index (χ1) is 13.4. The predicted octanol–water partition coefficient (Wildman–Crippen LogP) is 0.997. The Morgan fingerprint density at radius 1 is 1.25 bits per heavy atom. The van der Waals surface area contributed by atoms with Crippen molar-refractivity contribution in [1.82, 2.24) is 25.2 Å². The Morgan fingerprint density at radius 3 is 2.61 bits per heavy atom. The fourth-order valence-electron chi connectivity index (χ4n) is 3.33. The highest BCUT2D eigenvalue weighted by molar-refractivity contribution is 6.38. The van der Waals surface area contributed by atoms with Crippen molar-refractivity contribution >= 4 is 28.5 Å². The second kappa shape index (κ2) is 7.46. The minimum atomic E-state index is -0.326. The number of halogens is 2. The number of aryl methyl sites for hydroxylation is 1. The minimum absolute atomic E-state index is 0.284. The van der Waals surface area contributed by atoms with Gasteiger partial charge in [-0.05, 0) is 31.2 Å². The maximum Gasteiger partial charge on any atom is 0.268 e. The summed E-state index contributed by atoms with van der Waals surface area (Å²) in [6.45, 7) is 5.31. The summed E-state index contributed by atoms with van der Waals surface area (Å²) in [5.41, 5.74) is 5.06. The van der Waals surface area contributed by atoms with Gasteiger partial charge in [-0.25, -0.2) is 19.1 Å². The Bertz CT molecular complexity index is 1030. The van der Waals surface area contributed by atoms with Crippen LogP contribution in [0.2, 0.25) is 5.02 Å². The second-order valence-corrected chi connectivity index (χ2v) is 7.42. The molecule has 0 bridgehead atoms. The Morgan fingerprint density at radius 2 is 1.93 bits per heavy atom. The summed E-state index contributed by atoms with van der Waals surface area (Å²) >= 11 is 6.57. The third kappa shape index (κ3) is 3.46. The summed E-state index contributed by atoms with van der Waals surface area (Å²) in [6, 6.07) is 5.96. The molecular weight excluding hydrogens is 383 g/mol. The number of carbonyl (C=O) groups is 1. The fraction of sp³-hybridized carbons (Fsp3) is 0.316. The van der Waals surface area contributed by atoms with E-state index in [0.29, 0.717) is 33.0 Å². The number of hydrazine groups is 1. The molecule has 0 aliphatic carbocycles. The van der Waals surface area contributed by atoms with Crippen LogP contribution >= 0.6 is 11.6 Å². The van der Waals surface area contributed by atoms with Gasteiger partial charge in [-0.2, -0.15) is 5.10 Å². The topological polar surface area (TPSA) is 67.5 Å². The molecule has 1 aliphatic rings. The van der Waals surface area contributed by atoms with Crippen LogP contribution in [0.15, 0.2) is 30.5 Å². The molecule has 3 heterocycles. The average Bonchev–Trinajstić information content (AvgIpc) is 3.02. The molecule has 0 saturated carbocycles. The van der Waals surface area contributed by atoms with Gasteiger partial charge in [0.2, 0.25) is 0 Å². The number of likely N-dealkylation sites (N-methyl/N-ethyl adjacent to an activating group) is 1. The van der Waals surface area contributed by atoms with E-state index in [2.05, 4.69) is 22.6 Å². The van der Waals surface area contributed by atoms with Crippen molar-refractivity contribution in [2.45, 2.75) is 6.92 Å². The molecule has 7 nitrogen and oxygen atoms in total. The normalized spacial score (nSPS) is 15.9. The largest absolute Gasteiger partial charge is 0.335 e. The molecule has 28 heavy (non-hydrogen) atoms. The Kier molecular flexibility index (Phi) is 5.01. The number of hydrogen-bond acceptors (Lipinski definition) is 4. The van der Waals surface area contributed by atoms with Gasteiger partial charge in [0, 0.05) is 6.20 Å². The molecular formula is C19H21ClFN6O+. The van der Waals surface area contributed by atoms with E-state index in [1.54, 1.807) is 23.7 Å². The van der Waals surface area contributed by atoms with Gasteiger partial charge in [-0.15, -0.1) is 0 Å². The number of aromatic nitrogens is 3. The van der Waals surface area contributed by atoms with E-state index in [1.807, 2.05) is 5.01 Å². The van der Waals surface area contributed by atoms with Gasteiger partial charge in [0.05, 0.1) is 60.6 Å². The molecule has 1 fully saturated rings. The number of piperazine rings is 1. The van der Waals surface area contributed by atoms with Crippen LogP contribution in [0, 0.1) is 12.7 Å². The quantitative estimate of drug-likeness (QED) is 0.684. The molecule has 1 saturated heterocycles. The number of benzene rings is 1. The van der Waals surface area contributed by atoms with E-state index >= 15 is 0 Å². The van der Waals surface area contributed by atoms with Crippen LogP contribution in [0.1, 0.15) is 16.1 Å². The third-order valence-corrected chi connectivity index (χ3v) is 5.39. The number of carbonyl (C=O) groups excluding carboxylic acids is 1. The van der Waals surface area contributed by atoms with Crippen LogP contribution in [0.3, 0.4) is 0 Å². The summed E-state index contributed by atoms with van der Waals surface area (Å²) in [6.07, 6.45) is 1.46. The zero-order valence-corrected chi connectivity index (χ0v) is 16.4. The molecule has 1 amide bonds. The Labute approximate surface area is 166 Å². The zero-order valence-electron chi connectivity index (χ0n) is 15.7. The number of nitrogens with zero attached hydrogens (tertiary/aromatic N) is 4. The Balaban J connectivity index is 1.66. The van der Waals surface area contributed by atoms with Gasteiger partial charge in [-0.3, -0.25) is 10.2 Å². The standard InChI is InChI=1S/C19H20ClFN6O/c1-12-16-17(20)15(19(28)24-26-9-7-25(2)8-10-26)11-22-18(16)27(23-12)14-5-3-13(21)4-6-14/h3-6,11H,7-10H2,1-2H3,(H,24,28)/p+1. The van der Waals surface area contributed by atoms with Crippen molar-refractivity contribution < 1.29 is 14.1 Å². The number of rotatable bonds is 3. The van der Waals surface area contributed by atoms with E-state index in [1.165, 1.54) is 23.2 Å². The lowest BCUT2D eigenvalue weighted by molar-refractivity contribution is -0.884. The number of amides is 1. The van der Waals surface area contributed by atoms with E-state index < -0.39 is 0 Å². The maximum atomic E-state index is 13.2. The van der Waals surface area contributed by atoms with Gasteiger partial charge in [0.1, 0.15) is 5.82 Å². The highest BCUT2D eigenvalue weighted by atomic mass is 35.5. The summed E-state index contributed by atoms with van der Waals surface area (Å²) in [5, 5.41) is 7.31. The smallest absolute Gasteiger partial charge is 0.268 e. The van der Waals surface area contributed by atoms with Crippen LogP contribution in [0.25, 0.3) is 16.7 Å². The minimum Gasteiger partial charge on any atom is -0.335 e. The van der Waals surface area contributed by atoms with E-state index in [9.17, 15) is 9.18 Å². The number of hydrogen-bond donors (Lipinski definition) is 2. The number of fused-ring (bicyclic) bond motifs is 1. The second-order valence-electron chi connectivity index (χ2n) is 7.04.